The molecule has 1 atom stereocenters. The number of ketones is 1. The highest BCUT2D eigenvalue weighted by Crippen LogP contribution is 2.47. The molecule has 0 fully saturated rings. The fourth-order valence-electron chi connectivity index (χ4n) is 4.58. The smallest absolute Gasteiger partial charge is 0.330 e. The first-order valence-corrected chi connectivity index (χ1v) is 10.3. The molecule has 8 heteroatoms. The van der Waals surface area contributed by atoms with Crippen LogP contribution in [0.1, 0.15) is 43.7 Å². The van der Waals surface area contributed by atoms with Crippen molar-refractivity contribution in [1.82, 2.24) is 9.55 Å². The maximum absolute atomic E-state index is 13.3. The third-order valence-corrected chi connectivity index (χ3v) is 5.97. The Morgan fingerprint density at radius 2 is 1.81 bits per heavy atom. The zero-order chi connectivity index (χ0) is 22.3. The molecule has 0 saturated heterocycles. The molecule has 1 aromatic carbocycles. The van der Waals surface area contributed by atoms with Gasteiger partial charge in [-0.3, -0.25) is 19.1 Å². The van der Waals surface area contributed by atoms with Crippen molar-refractivity contribution >= 4 is 11.6 Å². The normalized spacial score (nSPS) is 19.5. The Labute approximate surface area is 179 Å². The van der Waals surface area contributed by atoms with Crippen LogP contribution in [-0.4, -0.2) is 36.2 Å². The summed E-state index contributed by atoms with van der Waals surface area (Å²) in [6.07, 6.45) is 1.04. The van der Waals surface area contributed by atoms with Gasteiger partial charge in [0.1, 0.15) is 11.6 Å². The maximum Gasteiger partial charge on any atom is 0.330 e. The van der Waals surface area contributed by atoms with Crippen LogP contribution in [-0.2, 0) is 16.1 Å². The molecular weight excluding hydrogens is 398 g/mol. The minimum Gasteiger partial charge on any atom is -0.497 e. The number of carbonyl (C=O) groups excluding carboxylic acids is 1. The second-order valence-electron chi connectivity index (χ2n) is 8.83. The number of carbonyl (C=O) groups is 1. The van der Waals surface area contributed by atoms with Gasteiger partial charge in [0.2, 0.25) is 0 Å². The molecule has 0 saturated carbocycles. The Hall–Kier alpha value is -3.13. The summed E-state index contributed by atoms with van der Waals surface area (Å²) in [5.74, 6) is 0.552. The molecule has 1 aromatic heterocycles. The van der Waals surface area contributed by atoms with Crippen LogP contribution in [0.4, 0.5) is 5.82 Å². The topological polar surface area (TPSA) is 102 Å². The molecule has 2 N–H and O–H groups in total. The Morgan fingerprint density at radius 1 is 1.10 bits per heavy atom. The number of aromatic amines is 1. The molecule has 8 nitrogen and oxygen atoms in total. The zero-order valence-electron chi connectivity index (χ0n) is 18.2. The number of anilines is 1. The van der Waals surface area contributed by atoms with Gasteiger partial charge in [0.05, 0.1) is 25.8 Å². The largest absolute Gasteiger partial charge is 0.497 e. The maximum atomic E-state index is 13.3. The number of methoxy groups -OCH3 is 2. The Bertz CT molecular complexity index is 1170. The number of benzene rings is 1. The minimum absolute atomic E-state index is 0.0132. The van der Waals surface area contributed by atoms with E-state index in [0.29, 0.717) is 42.2 Å². The molecule has 4 rings (SSSR count). The molecule has 0 radical (unpaired) electrons. The summed E-state index contributed by atoms with van der Waals surface area (Å²) < 4.78 is 11.9. The van der Waals surface area contributed by atoms with Crippen molar-refractivity contribution in [1.29, 1.82) is 0 Å². The summed E-state index contributed by atoms with van der Waals surface area (Å²) in [6.45, 7) is 4.68. The van der Waals surface area contributed by atoms with Crippen LogP contribution in [0, 0.1) is 5.41 Å². The molecule has 2 aromatic rings. The van der Waals surface area contributed by atoms with Gasteiger partial charge in [0.15, 0.2) is 5.78 Å². The van der Waals surface area contributed by atoms with Crippen LogP contribution < -0.4 is 21.3 Å². The lowest BCUT2D eigenvalue weighted by Crippen LogP contribution is -2.42. The van der Waals surface area contributed by atoms with Crippen molar-refractivity contribution in [2.45, 2.75) is 39.2 Å². The van der Waals surface area contributed by atoms with Gasteiger partial charge in [-0.05, 0) is 29.5 Å². The predicted octanol–water partition coefficient (Wildman–Crippen LogP) is 2.39. The average molecular weight is 425 g/mol. The molecule has 31 heavy (non-hydrogen) atoms. The van der Waals surface area contributed by atoms with E-state index >= 15 is 0 Å². The Kier molecular flexibility index (Phi) is 5.35. The predicted molar refractivity (Wildman–Crippen MR) is 117 cm³/mol. The first-order chi connectivity index (χ1) is 14.8. The SMILES string of the molecule is COCCn1c2c(c(=O)[nH]c1=O)C(c1ccc(OC)cc1)C1=C(CC(C)(C)CC1=O)N2. The lowest BCUT2D eigenvalue weighted by Gasteiger charge is -2.39. The van der Waals surface area contributed by atoms with Crippen LogP contribution in [0.25, 0.3) is 0 Å². The second kappa shape index (κ2) is 7.85. The van der Waals surface area contributed by atoms with Gasteiger partial charge >= 0.3 is 5.69 Å². The number of aromatic nitrogens is 2. The molecule has 2 aliphatic rings. The highest BCUT2D eigenvalue weighted by Gasteiger charge is 2.42. The van der Waals surface area contributed by atoms with E-state index in [1.165, 1.54) is 4.57 Å². The monoisotopic (exact) mass is 425 g/mol. The number of nitrogens with one attached hydrogen (secondary N) is 2. The van der Waals surface area contributed by atoms with Crippen LogP contribution in [0.15, 0.2) is 45.1 Å². The van der Waals surface area contributed by atoms with Crippen LogP contribution >= 0.6 is 0 Å². The Balaban J connectivity index is 1.98. The first-order valence-electron chi connectivity index (χ1n) is 10.3. The minimum atomic E-state index is -0.570. The van der Waals surface area contributed by atoms with E-state index in [9.17, 15) is 14.4 Å². The molecule has 164 valence electrons. The van der Waals surface area contributed by atoms with Crippen molar-refractivity contribution in [2.75, 3.05) is 26.1 Å². The molecule has 2 heterocycles. The van der Waals surface area contributed by atoms with Crippen LogP contribution in [0.5, 0.6) is 5.75 Å². The van der Waals surface area contributed by atoms with Crippen molar-refractivity contribution in [3.05, 3.63) is 67.5 Å². The number of H-pyrrole nitrogens is 1. The zero-order valence-corrected chi connectivity index (χ0v) is 18.2. The number of ether oxygens (including phenoxy) is 2. The number of hydrogen-bond donors (Lipinski definition) is 2. The summed E-state index contributed by atoms with van der Waals surface area (Å²) in [5, 5.41) is 3.29. The quantitative estimate of drug-likeness (QED) is 0.763. The second-order valence-corrected chi connectivity index (χ2v) is 8.83. The lowest BCUT2D eigenvalue weighted by atomic mass is 9.69. The summed E-state index contributed by atoms with van der Waals surface area (Å²) in [4.78, 5) is 41.3. The van der Waals surface area contributed by atoms with E-state index in [0.717, 1.165) is 11.3 Å². The fraction of sp³-hybridized carbons (Fsp3) is 0.435. The average Bonchev–Trinajstić information content (AvgIpc) is 2.71. The van der Waals surface area contributed by atoms with Gasteiger partial charge in [0, 0.05) is 30.7 Å². The molecule has 1 aliphatic heterocycles. The lowest BCUT2D eigenvalue weighted by molar-refractivity contribution is -0.118. The van der Waals surface area contributed by atoms with Gasteiger partial charge in [-0.1, -0.05) is 26.0 Å². The van der Waals surface area contributed by atoms with E-state index in [-0.39, 0.29) is 17.7 Å². The van der Waals surface area contributed by atoms with E-state index in [4.69, 9.17) is 9.47 Å². The number of allylic oxidation sites excluding steroid dienone is 2. The molecule has 0 bridgehead atoms. The van der Waals surface area contributed by atoms with Gasteiger partial charge in [-0.15, -0.1) is 0 Å². The number of nitrogens with zero attached hydrogens (tertiary/aromatic N) is 1. The van der Waals surface area contributed by atoms with E-state index in [1.54, 1.807) is 14.2 Å². The van der Waals surface area contributed by atoms with E-state index in [2.05, 4.69) is 10.3 Å². The fourth-order valence-corrected chi connectivity index (χ4v) is 4.58. The summed E-state index contributed by atoms with van der Waals surface area (Å²) in [5.41, 5.74) is 1.31. The number of fused-ring (bicyclic) bond motifs is 1. The van der Waals surface area contributed by atoms with Crippen molar-refractivity contribution in [3.63, 3.8) is 0 Å². The molecule has 0 spiro atoms. The summed E-state index contributed by atoms with van der Waals surface area (Å²) >= 11 is 0. The van der Waals surface area contributed by atoms with Crippen molar-refractivity contribution in [2.24, 2.45) is 5.41 Å². The highest BCUT2D eigenvalue weighted by molar-refractivity contribution is 6.01. The number of rotatable bonds is 5. The third-order valence-electron chi connectivity index (χ3n) is 5.97. The molecule has 1 aliphatic carbocycles. The van der Waals surface area contributed by atoms with Crippen molar-refractivity contribution in [3.8, 4) is 5.75 Å². The van der Waals surface area contributed by atoms with Crippen LogP contribution in [0.3, 0.4) is 0 Å². The molecule has 0 amide bonds. The number of Topliss-reactive ketones (excluding diaryl/α,β-unsaturated/α-hetero) is 1. The number of hydrogen-bond acceptors (Lipinski definition) is 6. The summed E-state index contributed by atoms with van der Waals surface area (Å²) in [6, 6.07) is 7.34. The summed E-state index contributed by atoms with van der Waals surface area (Å²) in [7, 11) is 3.14. The van der Waals surface area contributed by atoms with Crippen molar-refractivity contribution < 1.29 is 14.3 Å². The van der Waals surface area contributed by atoms with Gasteiger partial charge in [-0.25, -0.2) is 4.79 Å². The van der Waals surface area contributed by atoms with Gasteiger partial charge in [-0.2, -0.15) is 0 Å². The third kappa shape index (κ3) is 3.72. The van der Waals surface area contributed by atoms with E-state index in [1.807, 2.05) is 38.1 Å². The highest BCUT2D eigenvalue weighted by atomic mass is 16.5. The van der Waals surface area contributed by atoms with E-state index < -0.39 is 17.2 Å². The molecule has 1 unspecified atom stereocenters. The van der Waals surface area contributed by atoms with Gasteiger partial charge < -0.3 is 14.8 Å². The van der Waals surface area contributed by atoms with Gasteiger partial charge in [0.25, 0.3) is 5.56 Å². The Morgan fingerprint density at radius 3 is 2.45 bits per heavy atom. The van der Waals surface area contributed by atoms with Crippen LogP contribution in [0.2, 0.25) is 0 Å². The standard InChI is InChI=1S/C23H27N3O5/c1-23(2)11-15-18(16(27)12-23)17(13-5-7-14(31-4)8-6-13)19-20(24-15)26(9-10-30-3)22(29)25-21(19)28/h5-8,17,24H,9-12H2,1-4H3,(H,25,28,29). The first kappa shape index (κ1) is 21.1. The molecular formula is C23H27N3O5.